The van der Waals surface area contributed by atoms with Crippen molar-refractivity contribution < 1.29 is 18.7 Å². The van der Waals surface area contributed by atoms with Crippen LogP contribution in [0.5, 0.6) is 5.75 Å². The average molecular weight is 338 g/mol. The van der Waals surface area contributed by atoms with Crippen molar-refractivity contribution >= 4 is 28.5 Å². The van der Waals surface area contributed by atoms with E-state index in [4.69, 9.17) is 14.9 Å². The van der Waals surface area contributed by atoms with E-state index in [-0.39, 0.29) is 24.6 Å². The van der Waals surface area contributed by atoms with Gasteiger partial charge in [-0.05, 0) is 24.3 Å². The molecule has 0 aliphatic heterocycles. The van der Waals surface area contributed by atoms with Crippen molar-refractivity contribution in [3.63, 3.8) is 0 Å². The molecule has 6 nitrogen and oxygen atoms in total. The normalized spacial score (nSPS) is 10.6. The molecule has 128 valence electrons. The van der Waals surface area contributed by atoms with Gasteiger partial charge in [-0.1, -0.05) is 30.3 Å². The lowest BCUT2D eigenvalue weighted by Gasteiger charge is -2.23. The van der Waals surface area contributed by atoms with Crippen LogP contribution < -0.4 is 15.4 Å². The first-order chi connectivity index (χ1) is 12.1. The largest absolute Gasteiger partial charge is 0.495 e. The molecule has 3 rings (SSSR count). The zero-order chi connectivity index (χ0) is 17.8. The van der Waals surface area contributed by atoms with Crippen LogP contribution in [0.15, 0.2) is 59.0 Å². The minimum Gasteiger partial charge on any atom is -0.495 e. The molecule has 0 unspecified atom stereocenters. The Morgan fingerprint density at radius 1 is 1.12 bits per heavy atom. The third-order valence-corrected chi connectivity index (χ3v) is 3.84. The number of fused-ring (bicyclic) bond motifs is 1. The Morgan fingerprint density at radius 2 is 1.84 bits per heavy atom. The zero-order valence-corrected chi connectivity index (χ0v) is 13.8. The van der Waals surface area contributed by atoms with Crippen LogP contribution in [0.4, 0.5) is 5.69 Å². The van der Waals surface area contributed by atoms with Gasteiger partial charge in [0.1, 0.15) is 11.3 Å². The van der Waals surface area contributed by atoms with Crippen molar-refractivity contribution in [1.82, 2.24) is 0 Å². The van der Waals surface area contributed by atoms with Gasteiger partial charge < -0.3 is 19.8 Å². The lowest BCUT2D eigenvalue weighted by molar-refractivity contribution is -0.117. The predicted octanol–water partition coefficient (Wildman–Crippen LogP) is 2.96. The van der Waals surface area contributed by atoms with E-state index in [0.29, 0.717) is 17.0 Å². The summed E-state index contributed by atoms with van der Waals surface area (Å²) < 4.78 is 11.0. The van der Waals surface area contributed by atoms with Crippen LogP contribution in [0.3, 0.4) is 0 Å². The number of hydrogen-bond donors (Lipinski definition) is 1. The molecule has 25 heavy (non-hydrogen) atoms. The highest BCUT2D eigenvalue weighted by atomic mass is 16.5. The molecule has 2 N–H and O–H groups in total. The maximum atomic E-state index is 13.0. The van der Waals surface area contributed by atoms with Gasteiger partial charge in [-0.2, -0.15) is 0 Å². The second-order valence-corrected chi connectivity index (χ2v) is 5.49. The number of ether oxygens (including phenoxy) is 1. The minimum atomic E-state index is -0.489. The van der Waals surface area contributed by atoms with E-state index in [2.05, 4.69) is 0 Å². The number of hydrogen-bond acceptors (Lipinski definition) is 4. The Bertz CT molecular complexity index is 883. The Balaban J connectivity index is 2.00. The van der Waals surface area contributed by atoms with Crippen molar-refractivity contribution in [2.75, 3.05) is 18.6 Å². The SMILES string of the molecule is COc1ccccc1N(CCC(N)=O)C(=O)c1cc2ccccc2o1. The van der Waals surface area contributed by atoms with Crippen LogP contribution >= 0.6 is 0 Å². The summed E-state index contributed by atoms with van der Waals surface area (Å²) >= 11 is 0. The van der Waals surface area contributed by atoms with Crippen LogP contribution in [0.25, 0.3) is 11.0 Å². The van der Waals surface area contributed by atoms with Gasteiger partial charge in [-0.15, -0.1) is 0 Å². The van der Waals surface area contributed by atoms with Crippen molar-refractivity contribution in [1.29, 1.82) is 0 Å². The highest BCUT2D eigenvalue weighted by Crippen LogP contribution is 2.30. The molecule has 0 saturated heterocycles. The maximum Gasteiger partial charge on any atom is 0.294 e. The van der Waals surface area contributed by atoms with Crippen LogP contribution in [0, 0.1) is 0 Å². The number of para-hydroxylation sites is 3. The van der Waals surface area contributed by atoms with Gasteiger partial charge in [-0.25, -0.2) is 0 Å². The van der Waals surface area contributed by atoms with E-state index in [1.807, 2.05) is 18.2 Å². The number of carbonyl (C=O) groups is 2. The third kappa shape index (κ3) is 3.47. The number of nitrogens with zero attached hydrogens (tertiary/aromatic N) is 1. The van der Waals surface area contributed by atoms with E-state index in [9.17, 15) is 9.59 Å². The molecule has 0 spiro atoms. The fourth-order valence-corrected chi connectivity index (χ4v) is 2.63. The minimum absolute atomic E-state index is 0.0318. The zero-order valence-electron chi connectivity index (χ0n) is 13.8. The molecule has 0 saturated carbocycles. The van der Waals surface area contributed by atoms with E-state index >= 15 is 0 Å². The van der Waals surface area contributed by atoms with Crippen molar-refractivity contribution in [2.45, 2.75) is 6.42 Å². The fraction of sp³-hybridized carbons (Fsp3) is 0.158. The van der Waals surface area contributed by atoms with Crippen molar-refractivity contribution in [3.05, 3.63) is 60.4 Å². The molecule has 2 aromatic carbocycles. The monoisotopic (exact) mass is 338 g/mol. The van der Waals surface area contributed by atoms with Crippen molar-refractivity contribution in [2.24, 2.45) is 5.73 Å². The molecule has 2 amide bonds. The lowest BCUT2D eigenvalue weighted by Crippen LogP contribution is -2.34. The Hall–Kier alpha value is -3.28. The Labute approximate surface area is 144 Å². The van der Waals surface area contributed by atoms with E-state index in [1.54, 1.807) is 36.4 Å². The first-order valence-electron chi connectivity index (χ1n) is 7.82. The van der Waals surface area contributed by atoms with Crippen molar-refractivity contribution in [3.8, 4) is 5.75 Å². The van der Waals surface area contributed by atoms with Gasteiger partial charge in [-0.3, -0.25) is 9.59 Å². The third-order valence-electron chi connectivity index (χ3n) is 3.84. The van der Waals surface area contributed by atoms with Gasteiger partial charge in [0.2, 0.25) is 5.91 Å². The van der Waals surface area contributed by atoms with Crippen LogP contribution in [-0.2, 0) is 4.79 Å². The first-order valence-corrected chi connectivity index (χ1v) is 7.82. The van der Waals surface area contributed by atoms with Crippen LogP contribution in [0.1, 0.15) is 17.0 Å². The summed E-state index contributed by atoms with van der Waals surface area (Å²) in [5, 5.41) is 0.834. The molecule has 3 aromatic rings. The fourth-order valence-electron chi connectivity index (χ4n) is 2.63. The first kappa shape index (κ1) is 16.6. The number of carbonyl (C=O) groups excluding carboxylic acids is 2. The Kier molecular flexibility index (Phi) is 4.70. The molecule has 0 fully saturated rings. The highest BCUT2D eigenvalue weighted by Gasteiger charge is 2.24. The highest BCUT2D eigenvalue weighted by molar-refractivity contribution is 6.07. The molecule has 1 heterocycles. The second kappa shape index (κ2) is 7.09. The van der Waals surface area contributed by atoms with Gasteiger partial charge in [0.25, 0.3) is 5.91 Å². The number of amides is 2. The van der Waals surface area contributed by atoms with E-state index < -0.39 is 5.91 Å². The smallest absolute Gasteiger partial charge is 0.294 e. The quantitative estimate of drug-likeness (QED) is 0.749. The number of methoxy groups -OCH3 is 1. The van der Waals surface area contributed by atoms with Gasteiger partial charge >= 0.3 is 0 Å². The summed E-state index contributed by atoms with van der Waals surface area (Å²) in [7, 11) is 1.52. The number of anilines is 1. The van der Waals surface area contributed by atoms with E-state index in [0.717, 1.165) is 5.39 Å². The predicted molar refractivity (Wildman–Crippen MR) is 94.7 cm³/mol. The average Bonchev–Trinajstić information content (AvgIpc) is 3.06. The number of benzene rings is 2. The maximum absolute atomic E-state index is 13.0. The standard InChI is InChI=1S/C19H18N2O4/c1-24-16-9-5-3-7-14(16)21(11-10-18(20)22)19(23)17-12-13-6-2-4-8-15(13)25-17/h2-9,12H,10-11H2,1H3,(H2,20,22). The summed E-state index contributed by atoms with van der Waals surface area (Å²) in [4.78, 5) is 25.7. The number of rotatable bonds is 6. The van der Waals surface area contributed by atoms with E-state index in [1.165, 1.54) is 12.0 Å². The van der Waals surface area contributed by atoms with Gasteiger partial charge in [0.05, 0.1) is 12.8 Å². The second-order valence-electron chi connectivity index (χ2n) is 5.49. The summed E-state index contributed by atoms with van der Waals surface area (Å²) in [6.07, 6.45) is 0.0318. The van der Waals surface area contributed by atoms with Gasteiger partial charge in [0, 0.05) is 18.4 Å². The molecular formula is C19H18N2O4. The summed E-state index contributed by atoms with van der Waals surface area (Å²) in [5.41, 5.74) is 6.44. The molecular weight excluding hydrogens is 320 g/mol. The van der Waals surface area contributed by atoms with Crippen LogP contribution in [0.2, 0.25) is 0 Å². The summed E-state index contributed by atoms with van der Waals surface area (Å²) in [6.45, 7) is 0.131. The molecule has 1 aromatic heterocycles. The van der Waals surface area contributed by atoms with Crippen LogP contribution in [-0.4, -0.2) is 25.5 Å². The number of nitrogens with two attached hydrogens (primary N) is 1. The molecule has 0 atom stereocenters. The molecule has 6 heteroatoms. The number of primary amides is 1. The van der Waals surface area contributed by atoms with Gasteiger partial charge in [0.15, 0.2) is 5.76 Å². The molecule has 0 bridgehead atoms. The summed E-state index contributed by atoms with van der Waals surface area (Å²) in [5.74, 6) is -0.132. The Morgan fingerprint density at radius 3 is 2.56 bits per heavy atom. The molecule has 0 radical (unpaired) electrons. The molecule has 0 aliphatic rings. The number of furan rings is 1. The summed E-state index contributed by atoms with van der Waals surface area (Å²) in [6, 6.07) is 16.2. The topological polar surface area (TPSA) is 85.8 Å². The lowest BCUT2D eigenvalue weighted by atomic mass is 10.2. The molecule has 0 aliphatic carbocycles.